The van der Waals surface area contributed by atoms with Gasteiger partial charge in [-0.1, -0.05) is 60.2 Å². The third kappa shape index (κ3) is 3.50. The summed E-state index contributed by atoms with van der Waals surface area (Å²) >= 11 is 0. The topological polar surface area (TPSA) is 12.4 Å². The van der Waals surface area contributed by atoms with E-state index in [0.29, 0.717) is 0 Å². The molecule has 1 nitrogen and oxygen atoms in total. The van der Waals surface area contributed by atoms with Gasteiger partial charge in [0, 0.05) is 12.6 Å². The van der Waals surface area contributed by atoms with Crippen LogP contribution in [0.1, 0.15) is 34.2 Å². The molecule has 0 saturated heterocycles. The van der Waals surface area contributed by atoms with Crippen molar-refractivity contribution in [2.75, 3.05) is 0 Å². The highest BCUT2D eigenvalue weighted by Gasteiger charge is 2.07. The van der Waals surface area contributed by atoms with Crippen molar-refractivity contribution in [1.29, 1.82) is 0 Å². The predicted octanol–water partition coefficient (Wildman–Crippen LogP) is 5.90. The number of hydrogen-bond acceptors (Lipinski definition) is 1. The normalized spacial score (nSPS) is 13.8. The summed E-state index contributed by atoms with van der Waals surface area (Å²) in [6.07, 6.45) is 10.5. The Morgan fingerprint density at radius 3 is 2.48 bits per heavy atom. The van der Waals surface area contributed by atoms with E-state index in [9.17, 15) is 0 Å². The fourth-order valence-electron chi connectivity index (χ4n) is 3.27. The molecule has 0 saturated carbocycles. The second-order valence-corrected chi connectivity index (χ2v) is 6.24. The fraction of sp³-hybridized carbons (Fsp3) is 0.227. The van der Waals surface area contributed by atoms with Crippen LogP contribution in [0, 0.1) is 20.8 Å². The number of rotatable bonds is 4. The predicted molar refractivity (Wildman–Crippen MR) is 101 cm³/mol. The lowest BCUT2D eigenvalue weighted by Gasteiger charge is -2.09. The maximum absolute atomic E-state index is 4.75. The van der Waals surface area contributed by atoms with Crippen LogP contribution in [-0.2, 0) is 6.42 Å². The second-order valence-electron chi connectivity index (χ2n) is 6.24. The summed E-state index contributed by atoms with van der Waals surface area (Å²) in [7, 11) is 0. The lowest BCUT2D eigenvalue weighted by molar-refractivity contribution is 1.26. The van der Waals surface area contributed by atoms with E-state index >= 15 is 0 Å². The number of aliphatic imine (C=N–C) groups is 1. The van der Waals surface area contributed by atoms with Crippen molar-refractivity contribution >= 4 is 17.5 Å². The standard InChI is InChI=1S/C22H23N/c1-16-14-17(2)22(18(3)15-16)23-13-12-20-10-6-7-11-21(20)19-8-4-5-9-19/h4-8,10-11,13-15H,9,12H2,1-3H3. The first kappa shape index (κ1) is 15.5. The van der Waals surface area contributed by atoms with Gasteiger partial charge in [-0.2, -0.15) is 0 Å². The Kier molecular flexibility index (Phi) is 4.57. The molecule has 0 N–H and O–H groups in total. The Balaban J connectivity index is 1.82. The first-order chi connectivity index (χ1) is 11.1. The van der Waals surface area contributed by atoms with Crippen molar-refractivity contribution in [1.82, 2.24) is 0 Å². The number of hydrogen-bond donors (Lipinski definition) is 0. The van der Waals surface area contributed by atoms with Crippen LogP contribution >= 0.6 is 0 Å². The maximum Gasteiger partial charge on any atom is 0.0684 e. The van der Waals surface area contributed by atoms with Gasteiger partial charge in [-0.05, 0) is 55.0 Å². The largest absolute Gasteiger partial charge is 0.260 e. The Hall–Kier alpha value is -2.41. The molecule has 1 heteroatoms. The Labute approximate surface area is 139 Å². The molecule has 0 aliphatic heterocycles. The molecule has 2 aromatic carbocycles. The molecule has 3 rings (SSSR count). The summed E-state index contributed by atoms with van der Waals surface area (Å²) in [4.78, 5) is 4.75. The van der Waals surface area contributed by atoms with E-state index < -0.39 is 0 Å². The number of allylic oxidation sites excluding steroid dienone is 4. The molecule has 0 unspecified atom stereocenters. The monoisotopic (exact) mass is 301 g/mol. The molecule has 0 fully saturated rings. The minimum absolute atomic E-state index is 0.861. The highest BCUT2D eigenvalue weighted by atomic mass is 14.7. The zero-order valence-corrected chi connectivity index (χ0v) is 14.1. The van der Waals surface area contributed by atoms with Gasteiger partial charge in [0.2, 0.25) is 0 Å². The number of nitrogens with zero attached hydrogens (tertiary/aromatic N) is 1. The minimum atomic E-state index is 0.861. The van der Waals surface area contributed by atoms with Crippen molar-refractivity contribution in [3.63, 3.8) is 0 Å². The summed E-state index contributed by atoms with van der Waals surface area (Å²) in [5.41, 5.74) is 8.98. The van der Waals surface area contributed by atoms with E-state index in [1.165, 1.54) is 33.4 Å². The van der Waals surface area contributed by atoms with Crippen molar-refractivity contribution in [3.05, 3.63) is 82.4 Å². The van der Waals surface area contributed by atoms with E-state index in [4.69, 9.17) is 4.99 Å². The van der Waals surface area contributed by atoms with Crippen LogP contribution in [0.5, 0.6) is 0 Å². The molecule has 0 heterocycles. The third-order valence-corrected chi connectivity index (χ3v) is 4.30. The van der Waals surface area contributed by atoms with Gasteiger partial charge in [0.05, 0.1) is 5.69 Å². The average Bonchev–Trinajstić information content (AvgIpc) is 3.04. The van der Waals surface area contributed by atoms with Gasteiger partial charge in [0.25, 0.3) is 0 Å². The number of benzene rings is 2. The molecule has 2 aromatic rings. The van der Waals surface area contributed by atoms with Crippen LogP contribution in [0.25, 0.3) is 5.57 Å². The molecule has 0 aromatic heterocycles. The van der Waals surface area contributed by atoms with Crippen molar-refractivity contribution in [3.8, 4) is 0 Å². The Morgan fingerprint density at radius 2 is 1.78 bits per heavy atom. The SMILES string of the molecule is Cc1cc(C)c(N=CCc2ccccc2C2=CC=CC2)c(C)c1. The average molecular weight is 301 g/mol. The highest BCUT2D eigenvalue weighted by molar-refractivity contribution is 5.77. The molecule has 1 aliphatic rings. The van der Waals surface area contributed by atoms with Crippen molar-refractivity contribution < 1.29 is 0 Å². The van der Waals surface area contributed by atoms with Crippen LogP contribution in [0.4, 0.5) is 5.69 Å². The quantitative estimate of drug-likeness (QED) is 0.623. The molecule has 0 bridgehead atoms. The Bertz CT molecular complexity index is 783. The molecule has 1 aliphatic carbocycles. The first-order valence-electron chi connectivity index (χ1n) is 8.19. The van der Waals surface area contributed by atoms with Crippen LogP contribution in [0.2, 0.25) is 0 Å². The second kappa shape index (κ2) is 6.78. The summed E-state index contributed by atoms with van der Waals surface area (Å²) in [6, 6.07) is 13.0. The lowest BCUT2D eigenvalue weighted by Crippen LogP contribution is -1.94. The molecule has 0 spiro atoms. The first-order valence-corrected chi connectivity index (χ1v) is 8.19. The third-order valence-electron chi connectivity index (χ3n) is 4.30. The molecular weight excluding hydrogens is 278 g/mol. The van der Waals surface area contributed by atoms with Gasteiger partial charge in [-0.15, -0.1) is 0 Å². The smallest absolute Gasteiger partial charge is 0.0684 e. The summed E-state index contributed by atoms with van der Waals surface area (Å²) < 4.78 is 0. The zero-order chi connectivity index (χ0) is 16.2. The van der Waals surface area contributed by atoms with E-state index in [-0.39, 0.29) is 0 Å². The molecular formula is C22H23N. The van der Waals surface area contributed by atoms with Crippen LogP contribution in [-0.4, -0.2) is 6.21 Å². The van der Waals surface area contributed by atoms with E-state index in [0.717, 1.165) is 18.5 Å². The summed E-state index contributed by atoms with van der Waals surface area (Å²) in [6.45, 7) is 6.40. The van der Waals surface area contributed by atoms with Crippen LogP contribution < -0.4 is 0 Å². The minimum Gasteiger partial charge on any atom is -0.260 e. The Morgan fingerprint density at radius 1 is 1.04 bits per heavy atom. The van der Waals surface area contributed by atoms with Gasteiger partial charge < -0.3 is 0 Å². The van der Waals surface area contributed by atoms with Crippen molar-refractivity contribution in [2.24, 2.45) is 4.99 Å². The fourth-order valence-corrected chi connectivity index (χ4v) is 3.27. The van der Waals surface area contributed by atoms with E-state index in [1.807, 2.05) is 6.21 Å². The van der Waals surface area contributed by atoms with Crippen LogP contribution in [0.15, 0.2) is 59.6 Å². The lowest BCUT2D eigenvalue weighted by atomic mass is 9.97. The molecule has 23 heavy (non-hydrogen) atoms. The molecule has 0 radical (unpaired) electrons. The van der Waals surface area contributed by atoms with Crippen molar-refractivity contribution in [2.45, 2.75) is 33.6 Å². The van der Waals surface area contributed by atoms with Gasteiger partial charge in [0.1, 0.15) is 0 Å². The maximum atomic E-state index is 4.75. The van der Waals surface area contributed by atoms with Crippen LogP contribution in [0.3, 0.4) is 0 Å². The van der Waals surface area contributed by atoms with Gasteiger partial charge in [0.15, 0.2) is 0 Å². The van der Waals surface area contributed by atoms with Gasteiger partial charge in [-0.3, -0.25) is 4.99 Å². The molecule has 0 atom stereocenters. The molecule has 0 amide bonds. The van der Waals surface area contributed by atoms with E-state index in [2.05, 4.69) is 75.4 Å². The van der Waals surface area contributed by atoms with E-state index in [1.54, 1.807) is 0 Å². The molecule has 116 valence electrons. The zero-order valence-electron chi connectivity index (χ0n) is 14.1. The van der Waals surface area contributed by atoms with Gasteiger partial charge in [-0.25, -0.2) is 0 Å². The van der Waals surface area contributed by atoms with Gasteiger partial charge >= 0.3 is 0 Å². The number of aryl methyl sites for hydroxylation is 3. The highest BCUT2D eigenvalue weighted by Crippen LogP contribution is 2.27. The summed E-state index contributed by atoms with van der Waals surface area (Å²) in [5.74, 6) is 0. The summed E-state index contributed by atoms with van der Waals surface area (Å²) in [5, 5.41) is 0.